The summed E-state index contributed by atoms with van der Waals surface area (Å²) in [4.78, 5) is 19.7. The van der Waals surface area contributed by atoms with E-state index in [0.717, 1.165) is 37.3 Å². The van der Waals surface area contributed by atoms with Crippen LogP contribution in [0.15, 0.2) is 42.7 Å². The maximum Gasteiger partial charge on any atom is 0.259 e. The van der Waals surface area contributed by atoms with Crippen molar-refractivity contribution in [2.24, 2.45) is 5.92 Å². The van der Waals surface area contributed by atoms with Crippen molar-refractivity contribution < 1.29 is 4.79 Å². The molecule has 0 spiro atoms. The molecule has 3 aromatic rings. The number of amides is 1. The zero-order valence-corrected chi connectivity index (χ0v) is 20.6. The second kappa shape index (κ2) is 9.30. The molecule has 0 unspecified atom stereocenters. The third-order valence-corrected chi connectivity index (χ3v) is 6.56. The Morgan fingerprint density at radius 1 is 1.15 bits per heavy atom. The number of nitrogens with one attached hydrogen (secondary N) is 1. The number of benzene rings is 1. The number of piperidine rings is 1. The van der Waals surface area contributed by atoms with E-state index in [1.165, 1.54) is 5.56 Å². The molecule has 1 saturated heterocycles. The molecule has 1 amide bonds. The van der Waals surface area contributed by atoms with Crippen molar-refractivity contribution in [1.29, 1.82) is 5.26 Å². The lowest BCUT2D eigenvalue weighted by molar-refractivity contribution is 0.102. The van der Waals surface area contributed by atoms with Crippen molar-refractivity contribution in [3.8, 4) is 11.8 Å². The van der Waals surface area contributed by atoms with E-state index in [9.17, 15) is 10.1 Å². The number of carbonyl (C=O) groups is 1. The van der Waals surface area contributed by atoms with Crippen LogP contribution in [0.1, 0.15) is 67.7 Å². The average molecular weight is 457 g/mol. The first-order valence-electron chi connectivity index (χ1n) is 11.8. The summed E-state index contributed by atoms with van der Waals surface area (Å²) in [7, 11) is 0. The molecular formula is C27H32N6O. The van der Waals surface area contributed by atoms with Crippen LogP contribution in [0.2, 0.25) is 0 Å². The lowest BCUT2D eigenvalue weighted by Crippen LogP contribution is -2.34. The number of nitriles is 1. The van der Waals surface area contributed by atoms with Crippen LogP contribution in [-0.4, -0.2) is 33.8 Å². The van der Waals surface area contributed by atoms with E-state index in [4.69, 9.17) is 0 Å². The molecule has 0 bridgehead atoms. The van der Waals surface area contributed by atoms with E-state index in [2.05, 4.69) is 66.2 Å². The lowest BCUT2D eigenvalue weighted by atomic mass is 9.87. The summed E-state index contributed by atoms with van der Waals surface area (Å²) in [6, 6.07) is 12.2. The van der Waals surface area contributed by atoms with Crippen molar-refractivity contribution in [1.82, 2.24) is 14.8 Å². The van der Waals surface area contributed by atoms with Crippen LogP contribution in [0.3, 0.4) is 0 Å². The topological polar surface area (TPSA) is 86.8 Å². The number of carbonyl (C=O) groups excluding carboxylic acids is 1. The second-order valence-corrected chi connectivity index (χ2v) is 10.2. The van der Waals surface area contributed by atoms with E-state index >= 15 is 0 Å². The minimum absolute atomic E-state index is 0.0705. The van der Waals surface area contributed by atoms with E-state index in [-0.39, 0.29) is 11.3 Å². The number of hydrogen-bond acceptors (Lipinski definition) is 5. The van der Waals surface area contributed by atoms with Crippen LogP contribution >= 0.6 is 0 Å². The van der Waals surface area contributed by atoms with Crippen LogP contribution in [0.4, 0.5) is 11.5 Å². The van der Waals surface area contributed by atoms with Crippen molar-refractivity contribution >= 4 is 17.4 Å². The molecule has 0 radical (unpaired) electrons. The number of aromatic nitrogens is 3. The van der Waals surface area contributed by atoms with Crippen LogP contribution in [-0.2, 0) is 5.41 Å². The van der Waals surface area contributed by atoms with Crippen LogP contribution in [0.5, 0.6) is 0 Å². The zero-order valence-electron chi connectivity index (χ0n) is 20.6. The van der Waals surface area contributed by atoms with Gasteiger partial charge in [-0.15, -0.1) is 0 Å². The molecule has 176 valence electrons. The van der Waals surface area contributed by atoms with Gasteiger partial charge in [-0.05, 0) is 54.9 Å². The molecule has 7 nitrogen and oxygen atoms in total. The highest BCUT2D eigenvalue weighted by atomic mass is 16.1. The van der Waals surface area contributed by atoms with Gasteiger partial charge in [-0.25, -0.2) is 9.67 Å². The molecule has 2 aromatic heterocycles. The van der Waals surface area contributed by atoms with E-state index < -0.39 is 0 Å². The van der Waals surface area contributed by atoms with E-state index in [0.29, 0.717) is 28.6 Å². The van der Waals surface area contributed by atoms with Gasteiger partial charge in [0.1, 0.15) is 11.9 Å². The first-order valence-corrected chi connectivity index (χ1v) is 11.8. The molecule has 3 heterocycles. The highest BCUT2D eigenvalue weighted by Gasteiger charge is 2.21. The molecule has 34 heavy (non-hydrogen) atoms. The molecule has 4 rings (SSSR count). The normalized spacial score (nSPS) is 14.6. The highest BCUT2D eigenvalue weighted by molar-refractivity contribution is 6.05. The Balaban J connectivity index is 1.51. The molecule has 0 aliphatic carbocycles. The largest absolute Gasteiger partial charge is 0.356 e. The molecule has 7 heteroatoms. The minimum atomic E-state index is -0.278. The van der Waals surface area contributed by atoms with Crippen LogP contribution < -0.4 is 10.2 Å². The molecule has 1 aromatic carbocycles. The third-order valence-electron chi connectivity index (χ3n) is 6.56. The number of nitrogens with zero attached hydrogens (tertiary/aromatic N) is 5. The van der Waals surface area contributed by atoms with Gasteiger partial charge in [0.15, 0.2) is 0 Å². The van der Waals surface area contributed by atoms with Crippen LogP contribution in [0, 0.1) is 24.2 Å². The number of anilines is 2. The average Bonchev–Trinajstić information content (AvgIpc) is 3.20. The molecule has 1 aliphatic rings. The fraction of sp³-hybridized carbons (Fsp3) is 0.407. The summed E-state index contributed by atoms with van der Waals surface area (Å²) >= 11 is 0. The van der Waals surface area contributed by atoms with Crippen molar-refractivity contribution in [3.05, 3.63) is 65.1 Å². The van der Waals surface area contributed by atoms with Crippen LogP contribution in [0.25, 0.3) is 5.69 Å². The summed E-state index contributed by atoms with van der Waals surface area (Å²) in [5.41, 5.74) is 4.40. The third kappa shape index (κ3) is 4.81. The predicted molar refractivity (Wildman–Crippen MR) is 135 cm³/mol. The van der Waals surface area contributed by atoms with Crippen molar-refractivity contribution in [2.75, 3.05) is 23.3 Å². The van der Waals surface area contributed by atoms with Gasteiger partial charge in [-0.3, -0.25) is 4.79 Å². The summed E-state index contributed by atoms with van der Waals surface area (Å²) in [5, 5.41) is 17.0. The van der Waals surface area contributed by atoms with Gasteiger partial charge in [0, 0.05) is 13.1 Å². The second-order valence-electron chi connectivity index (χ2n) is 10.2. The van der Waals surface area contributed by atoms with E-state index in [1.807, 2.05) is 19.1 Å². The summed E-state index contributed by atoms with van der Waals surface area (Å²) < 4.78 is 1.76. The Bertz CT molecular complexity index is 1220. The Labute approximate surface area is 201 Å². The van der Waals surface area contributed by atoms with Gasteiger partial charge >= 0.3 is 0 Å². The fourth-order valence-electron chi connectivity index (χ4n) is 4.27. The molecule has 0 saturated carbocycles. The lowest BCUT2D eigenvalue weighted by Gasteiger charge is -2.31. The minimum Gasteiger partial charge on any atom is -0.356 e. The maximum absolute atomic E-state index is 13.0. The molecular weight excluding hydrogens is 424 g/mol. The van der Waals surface area contributed by atoms with Crippen molar-refractivity contribution in [2.45, 2.75) is 52.9 Å². The number of rotatable bonds is 4. The highest BCUT2D eigenvalue weighted by Crippen LogP contribution is 2.27. The van der Waals surface area contributed by atoms with Gasteiger partial charge < -0.3 is 10.2 Å². The Morgan fingerprint density at radius 2 is 1.82 bits per heavy atom. The Hall–Kier alpha value is -3.66. The summed E-state index contributed by atoms with van der Waals surface area (Å²) in [6.07, 6.45) is 5.38. The number of pyridine rings is 1. The first-order chi connectivity index (χ1) is 16.2. The van der Waals surface area contributed by atoms with E-state index in [1.54, 1.807) is 23.1 Å². The molecule has 0 atom stereocenters. The SMILES string of the molecule is Cc1c(C(=O)Nc2cnc(N3CCC(C)CC3)c(C#N)c2)cnn1-c1ccc(C(C)(C)C)cc1. The Morgan fingerprint density at radius 3 is 2.44 bits per heavy atom. The maximum atomic E-state index is 13.0. The summed E-state index contributed by atoms with van der Waals surface area (Å²) in [5.74, 6) is 1.11. The zero-order chi connectivity index (χ0) is 24.5. The summed E-state index contributed by atoms with van der Waals surface area (Å²) in [6.45, 7) is 12.4. The quantitative estimate of drug-likeness (QED) is 0.581. The van der Waals surface area contributed by atoms with Gasteiger partial charge in [-0.2, -0.15) is 10.4 Å². The smallest absolute Gasteiger partial charge is 0.259 e. The predicted octanol–water partition coefficient (Wildman–Crippen LogP) is 5.23. The van der Waals surface area contributed by atoms with Gasteiger partial charge in [-0.1, -0.05) is 39.8 Å². The Kier molecular flexibility index (Phi) is 6.43. The van der Waals surface area contributed by atoms with Gasteiger partial charge in [0.25, 0.3) is 5.91 Å². The number of hydrogen-bond donors (Lipinski definition) is 1. The van der Waals surface area contributed by atoms with Gasteiger partial charge in [0.05, 0.1) is 40.6 Å². The van der Waals surface area contributed by atoms with Crippen molar-refractivity contribution in [3.63, 3.8) is 0 Å². The first kappa shape index (κ1) is 23.5. The fourth-order valence-corrected chi connectivity index (χ4v) is 4.27. The van der Waals surface area contributed by atoms with Gasteiger partial charge in [0.2, 0.25) is 0 Å². The standard InChI is InChI=1S/C27H32N6O/c1-18-10-12-32(13-11-18)25-20(15-28)14-22(16-29-25)31-26(34)24-17-30-33(19(24)2)23-8-6-21(7-9-23)27(3,4)5/h6-9,14,16-18H,10-13H2,1-5H3,(H,31,34). The molecule has 1 N–H and O–H groups in total. The monoisotopic (exact) mass is 456 g/mol. The molecule has 1 fully saturated rings. The molecule has 1 aliphatic heterocycles.